The number of hydrogen-bond acceptors (Lipinski definition) is 4. The van der Waals surface area contributed by atoms with Crippen molar-refractivity contribution >= 4 is 16.9 Å². The number of carbonyl (C=O) groups is 1. The Bertz CT molecular complexity index is 520. The molecule has 122 valence electrons. The molecule has 5 nitrogen and oxygen atoms in total. The molecule has 0 N–H and O–H groups in total. The first-order valence-corrected chi connectivity index (χ1v) is 8.97. The zero-order chi connectivity index (χ0) is 16.2. The summed E-state index contributed by atoms with van der Waals surface area (Å²) in [7, 11) is -0.911. The monoisotopic (exact) mass is 324 g/mol. The van der Waals surface area contributed by atoms with Gasteiger partial charge in [0.15, 0.2) is 0 Å². The van der Waals surface area contributed by atoms with Crippen molar-refractivity contribution in [2.75, 3.05) is 13.1 Å². The van der Waals surface area contributed by atoms with Gasteiger partial charge in [0.25, 0.3) is 0 Å². The van der Waals surface area contributed by atoms with Crippen molar-refractivity contribution in [3.05, 3.63) is 30.1 Å². The van der Waals surface area contributed by atoms with Crippen LogP contribution in [0.5, 0.6) is 0 Å². The fourth-order valence-electron chi connectivity index (χ4n) is 2.39. The number of ether oxygens (including phenoxy) is 1. The molecule has 1 aromatic heterocycles. The molecule has 0 aliphatic carbocycles. The second-order valence-corrected chi connectivity index (χ2v) is 8.26. The molecule has 1 unspecified atom stereocenters. The first-order chi connectivity index (χ1) is 10.3. The van der Waals surface area contributed by atoms with E-state index in [4.69, 9.17) is 4.74 Å². The smallest absolute Gasteiger partial charge is 0.410 e. The number of amides is 1. The van der Waals surface area contributed by atoms with Crippen LogP contribution in [0.3, 0.4) is 0 Å². The molecule has 2 heterocycles. The second-order valence-electron chi connectivity index (χ2n) is 6.55. The second kappa shape index (κ2) is 7.22. The Hall–Kier alpha value is -1.43. The summed E-state index contributed by atoms with van der Waals surface area (Å²) in [5, 5.41) is 0.145. The summed E-state index contributed by atoms with van der Waals surface area (Å²) >= 11 is 0. The normalized spacial score (nSPS) is 18.0. The SMILES string of the molecule is CC(C)(C)OC(=O)N1CCC(S(=O)Cc2ccncc2)CC1. The van der Waals surface area contributed by atoms with E-state index in [2.05, 4.69) is 4.98 Å². The Morgan fingerprint density at radius 2 is 1.91 bits per heavy atom. The van der Waals surface area contributed by atoms with Crippen LogP contribution in [0.4, 0.5) is 4.79 Å². The highest BCUT2D eigenvalue weighted by atomic mass is 32.2. The van der Waals surface area contributed by atoms with Gasteiger partial charge >= 0.3 is 6.09 Å². The fourth-order valence-corrected chi connectivity index (χ4v) is 3.88. The van der Waals surface area contributed by atoms with E-state index in [1.807, 2.05) is 32.9 Å². The average molecular weight is 324 g/mol. The molecule has 0 spiro atoms. The maximum absolute atomic E-state index is 12.4. The highest BCUT2D eigenvalue weighted by Gasteiger charge is 2.29. The molecule has 6 heteroatoms. The Balaban J connectivity index is 1.82. The quantitative estimate of drug-likeness (QED) is 0.858. The molecule has 1 fully saturated rings. The van der Waals surface area contributed by atoms with Crippen molar-refractivity contribution in [2.45, 2.75) is 50.2 Å². The van der Waals surface area contributed by atoms with Crippen LogP contribution in [-0.4, -0.2) is 44.1 Å². The third-order valence-electron chi connectivity index (χ3n) is 3.52. The molecule has 1 aliphatic heterocycles. The molecule has 2 rings (SSSR count). The molecule has 1 aliphatic rings. The van der Waals surface area contributed by atoms with Gasteiger partial charge in [0.05, 0.1) is 0 Å². The van der Waals surface area contributed by atoms with Gasteiger partial charge in [-0.1, -0.05) is 0 Å². The molecule has 0 radical (unpaired) electrons. The number of piperidine rings is 1. The number of rotatable bonds is 3. The topological polar surface area (TPSA) is 59.5 Å². The highest BCUT2D eigenvalue weighted by Crippen LogP contribution is 2.20. The predicted molar refractivity (Wildman–Crippen MR) is 86.9 cm³/mol. The minimum absolute atomic E-state index is 0.145. The fraction of sp³-hybridized carbons (Fsp3) is 0.625. The van der Waals surface area contributed by atoms with Gasteiger partial charge in [-0.3, -0.25) is 9.19 Å². The summed E-state index contributed by atoms with van der Waals surface area (Å²) in [5.74, 6) is 0.555. The van der Waals surface area contributed by atoms with Gasteiger partial charge in [0.1, 0.15) is 5.60 Å². The van der Waals surface area contributed by atoms with Crippen LogP contribution in [0.25, 0.3) is 0 Å². The van der Waals surface area contributed by atoms with Crippen LogP contribution in [0.2, 0.25) is 0 Å². The van der Waals surface area contributed by atoms with Crippen molar-refractivity contribution in [1.82, 2.24) is 9.88 Å². The molecule has 0 saturated carbocycles. The lowest BCUT2D eigenvalue weighted by Gasteiger charge is -2.33. The molecule has 1 atom stereocenters. The van der Waals surface area contributed by atoms with E-state index < -0.39 is 16.4 Å². The number of hydrogen-bond donors (Lipinski definition) is 0. The van der Waals surface area contributed by atoms with Crippen molar-refractivity contribution in [3.63, 3.8) is 0 Å². The minimum atomic E-state index is -0.911. The van der Waals surface area contributed by atoms with Crippen LogP contribution >= 0.6 is 0 Å². The van der Waals surface area contributed by atoms with E-state index in [1.54, 1.807) is 17.3 Å². The molecule has 1 saturated heterocycles. The predicted octanol–water partition coefficient (Wildman–Crippen LogP) is 2.73. The summed E-state index contributed by atoms with van der Waals surface area (Å²) in [6, 6.07) is 3.79. The van der Waals surface area contributed by atoms with Gasteiger partial charge in [-0.05, 0) is 51.3 Å². The van der Waals surface area contributed by atoms with Crippen molar-refractivity contribution in [2.24, 2.45) is 0 Å². The average Bonchev–Trinajstić information content (AvgIpc) is 2.46. The zero-order valence-corrected chi connectivity index (χ0v) is 14.3. The number of pyridine rings is 1. The molecular formula is C16H24N2O3S. The van der Waals surface area contributed by atoms with Gasteiger partial charge in [-0.15, -0.1) is 0 Å². The summed E-state index contributed by atoms with van der Waals surface area (Å²) < 4.78 is 17.8. The number of nitrogens with zero attached hydrogens (tertiary/aromatic N) is 2. The Morgan fingerprint density at radius 3 is 2.45 bits per heavy atom. The Labute approximate surface area is 134 Å². The van der Waals surface area contributed by atoms with E-state index in [-0.39, 0.29) is 11.3 Å². The maximum atomic E-state index is 12.4. The summed E-state index contributed by atoms with van der Waals surface area (Å²) in [5.41, 5.74) is 0.570. The first-order valence-electron chi connectivity index (χ1n) is 7.59. The van der Waals surface area contributed by atoms with E-state index in [0.717, 1.165) is 18.4 Å². The van der Waals surface area contributed by atoms with E-state index in [9.17, 15) is 9.00 Å². The lowest BCUT2D eigenvalue weighted by atomic mass is 10.1. The van der Waals surface area contributed by atoms with Gasteiger partial charge < -0.3 is 9.64 Å². The van der Waals surface area contributed by atoms with Crippen molar-refractivity contribution in [1.29, 1.82) is 0 Å². The Kier molecular flexibility index (Phi) is 5.56. The van der Waals surface area contributed by atoms with Crippen LogP contribution in [0, 0.1) is 0 Å². The standard InChI is InChI=1S/C16H24N2O3S/c1-16(2,3)21-15(19)18-10-6-14(7-11-18)22(20)12-13-4-8-17-9-5-13/h4-5,8-9,14H,6-7,10-12H2,1-3H3. The Morgan fingerprint density at radius 1 is 1.32 bits per heavy atom. The van der Waals surface area contributed by atoms with E-state index in [0.29, 0.717) is 18.8 Å². The largest absolute Gasteiger partial charge is 0.444 e. The number of carbonyl (C=O) groups excluding carboxylic acids is 1. The van der Waals surface area contributed by atoms with Crippen LogP contribution in [0.15, 0.2) is 24.5 Å². The third-order valence-corrected chi connectivity index (χ3v) is 5.36. The van der Waals surface area contributed by atoms with Gasteiger partial charge in [0.2, 0.25) is 0 Å². The lowest BCUT2D eigenvalue weighted by Crippen LogP contribution is -2.43. The van der Waals surface area contributed by atoms with Crippen LogP contribution in [-0.2, 0) is 21.3 Å². The lowest BCUT2D eigenvalue weighted by molar-refractivity contribution is 0.0218. The van der Waals surface area contributed by atoms with E-state index in [1.165, 1.54) is 0 Å². The summed E-state index contributed by atoms with van der Waals surface area (Å²) in [4.78, 5) is 17.7. The van der Waals surface area contributed by atoms with Crippen molar-refractivity contribution < 1.29 is 13.7 Å². The molecule has 0 bridgehead atoms. The molecule has 1 amide bonds. The third kappa shape index (κ3) is 5.09. The number of aromatic nitrogens is 1. The van der Waals surface area contributed by atoms with Crippen LogP contribution in [0.1, 0.15) is 39.2 Å². The van der Waals surface area contributed by atoms with Crippen molar-refractivity contribution in [3.8, 4) is 0 Å². The highest BCUT2D eigenvalue weighted by molar-refractivity contribution is 7.84. The zero-order valence-electron chi connectivity index (χ0n) is 13.4. The first kappa shape index (κ1) is 16.9. The maximum Gasteiger partial charge on any atom is 0.410 e. The summed E-state index contributed by atoms with van der Waals surface area (Å²) in [6.45, 7) is 6.81. The molecule has 1 aromatic rings. The minimum Gasteiger partial charge on any atom is -0.444 e. The molecule has 22 heavy (non-hydrogen) atoms. The van der Waals surface area contributed by atoms with Crippen LogP contribution < -0.4 is 0 Å². The molecule has 0 aromatic carbocycles. The number of likely N-dealkylation sites (tertiary alicyclic amines) is 1. The molecular weight excluding hydrogens is 300 g/mol. The van der Waals surface area contributed by atoms with Gasteiger partial charge in [-0.2, -0.15) is 0 Å². The van der Waals surface area contributed by atoms with E-state index >= 15 is 0 Å². The van der Waals surface area contributed by atoms with Gasteiger partial charge in [-0.25, -0.2) is 4.79 Å². The van der Waals surface area contributed by atoms with Gasteiger partial charge in [0, 0.05) is 47.3 Å². The summed E-state index contributed by atoms with van der Waals surface area (Å²) in [6.07, 6.45) is 4.69.